The van der Waals surface area contributed by atoms with E-state index in [1.165, 1.54) is 5.56 Å². The van der Waals surface area contributed by atoms with Crippen LogP contribution in [0.15, 0.2) is 23.2 Å². The topological polar surface area (TPSA) is 54.9 Å². The molecular formula is C19H31N3O2. The predicted molar refractivity (Wildman–Crippen MR) is 98.7 cm³/mol. The molecule has 5 nitrogen and oxygen atoms in total. The Kier molecular flexibility index (Phi) is 7.37. The van der Waals surface area contributed by atoms with Crippen LogP contribution in [0.25, 0.3) is 0 Å². The van der Waals surface area contributed by atoms with E-state index in [2.05, 4.69) is 56.5 Å². The van der Waals surface area contributed by atoms with Gasteiger partial charge in [-0.1, -0.05) is 26.0 Å². The second-order valence-electron chi connectivity index (χ2n) is 6.68. The SMILES string of the molecule is CCNC(=NCc1ccc(C)cc1OC1CCOC1)NCC(C)C. The average molecular weight is 333 g/mol. The van der Waals surface area contributed by atoms with Crippen molar-refractivity contribution in [3.05, 3.63) is 29.3 Å². The number of nitrogens with one attached hydrogen (secondary N) is 2. The van der Waals surface area contributed by atoms with Crippen molar-refractivity contribution in [1.29, 1.82) is 0 Å². The molecule has 2 N–H and O–H groups in total. The summed E-state index contributed by atoms with van der Waals surface area (Å²) < 4.78 is 11.6. The van der Waals surface area contributed by atoms with Gasteiger partial charge in [-0.15, -0.1) is 0 Å². The zero-order valence-electron chi connectivity index (χ0n) is 15.4. The third-order valence-electron chi connectivity index (χ3n) is 3.83. The highest BCUT2D eigenvalue weighted by atomic mass is 16.5. The highest BCUT2D eigenvalue weighted by molar-refractivity contribution is 5.79. The average Bonchev–Trinajstić information content (AvgIpc) is 3.04. The maximum Gasteiger partial charge on any atom is 0.191 e. The Hall–Kier alpha value is -1.75. The second-order valence-corrected chi connectivity index (χ2v) is 6.68. The Bertz CT molecular complexity index is 537. The van der Waals surface area contributed by atoms with Crippen LogP contribution in [-0.2, 0) is 11.3 Å². The van der Waals surface area contributed by atoms with Gasteiger partial charge < -0.3 is 20.1 Å². The molecule has 24 heavy (non-hydrogen) atoms. The van der Waals surface area contributed by atoms with E-state index in [-0.39, 0.29) is 6.10 Å². The highest BCUT2D eigenvalue weighted by Crippen LogP contribution is 2.24. The third kappa shape index (κ3) is 6.04. The van der Waals surface area contributed by atoms with Crippen molar-refractivity contribution in [1.82, 2.24) is 10.6 Å². The van der Waals surface area contributed by atoms with Gasteiger partial charge in [-0.05, 0) is 31.4 Å². The van der Waals surface area contributed by atoms with E-state index >= 15 is 0 Å². The first kappa shape index (κ1) is 18.6. The van der Waals surface area contributed by atoms with Gasteiger partial charge in [0, 0.05) is 25.1 Å². The van der Waals surface area contributed by atoms with Gasteiger partial charge in [0.25, 0.3) is 0 Å². The summed E-state index contributed by atoms with van der Waals surface area (Å²) in [5.74, 6) is 2.35. The minimum Gasteiger partial charge on any atom is -0.488 e. The van der Waals surface area contributed by atoms with Crippen LogP contribution in [0.4, 0.5) is 0 Å². The molecule has 1 aromatic carbocycles. The Morgan fingerprint density at radius 2 is 2.21 bits per heavy atom. The zero-order chi connectivity index (χ0) is 17.4. The van der Waals surface area contributed by atoms with Gasteiger partial charge in [0.1, 0.15) is 11.9 Å². The minimum absolute atomic E-state index is 0.154. The Balaban J connectivity index is 2.06. The van der Waals surface area contributed by atoms with Crippen LogP contribution in [-0.4, -0.2) is 38.4 Å². The molecule has 0 aliphatic carbocycles. The van der Waals surface area contributed by atoms with Crippen molar-refractivity contribution in [3.8, 4) is 5.75 Å². The number of ether oxygens (including phenoxy) is 2. The molecular weight excluding hydrogens is 302 g/mol. The van der Waals surface area contributed by atoms with Crippen molar-refractivity contribution in [3.63, 3.8) is 0 Å². The van der Waals surface area contributed by atoms with E-state index in [9.17, 15) is 0 Å². The maximum atomic E-state index is 6.14. The molecule has 0 bridgehead atoms. The van der Waals surface area contributed by atoms with E-state index in [4.69, 9.17) is 14.5 Å². The van der Waals surface area contributed by atoms with Crippen LogP contribution in [0.3, 0.4) is 0 Å². The van der Waals surface area contributed by atoms with Crippen molar-refractivity contribution in [2.45, 2.75) is 46.8 Å². The first-order valence-corrected chi connectivity index (χ1v) is 8.94. The Morgan fingerprint density at radius 1 is 1.38 bits per heavy atom. The summed E-state index contributed by atoms with van der Waals surface area (Å²) in [7, 11) is 0. The normalized spacial score (nSPS) is 18.0. The van der Waals surface area contributed by atoms with E-state index in [0.717, 1.165) is 43.4 Å². The summed E-state index contributed by atoms with van der Waals surface area (Å²) in [6.45, 7) is 12.3. The molecule has 0 radical (unpaired) electrons. The molecule has 0 amide bonds. The molecule has 0 saturated carbocycles. The van der Waals surface area contributed by atoms with Crippen molar-refractivity contribution in [2.24, 2.45) is 10.9 Å². The monoisotopic (exact) mass is 333 g/mol. The van der Waals surface area contributed by atoms with Crippen LogP contribution in [0.2, 0.25) is 0 Å². The van der Waals surface area contributed by atoms with Gasteiger partial charge in [-0.25, -0.2) is 4.99 Å². The number of hydrogen-bond donors (Lipinski definition) is 2. The molecule has 134 valence electrons. The number of nitrogens with zero attached hydrogens (tertiary/aromatic N) is 1. The highest BCUT2D eigenvalue weighted by Gasteiger charge is 2.18. The number of guanidine groups is 1. The lowest BCUT2D eigenvalue weighted by molar-refractivity contribution is 0.140. The summed E-state index contributed by atoms with van der Waals surface area (Å²) in [6.07, 6.45) is 1.11. The lowest BCUT2D eigenvalue weighted by Crippen LogP contribution is -2.39. The number of benzene rings is 1. The predicted octanol–water partition coefficient (Wildman–Crippen LogP) is 2.87. The van der Waals surface area contributed by atoms with Crippen LogP contribution < -0.4 is 15.4 Å². The Morgan fingerprint density at radius 3 is 2.88 bits per heavy atom. The number of aliphatic imine (C=N–C) groups is 1. The maximum absolute atomic E-state index is 6.14. The molecule has 1 unspecified atom stereocenters. The number of aryl methyl sites for hydroxylation is 1. The fraction of sp³-hybridized carbons (Fsp3) is 0.632. The minimum atomic E-state index is 0.154. The molecule has 1 aliphatic heterocycles. The fourth-order valence-electron chi connectivity index (χ4n) is 2.49. The first-order valence-electron chi connectivity index (χ1n) is 8.94. The molecule has 1 atom stereocenters. The molecule has 5 heteroatoms. The molecule has 1 heterocycles. The van der Waals surface area contributed by atoms with Gasteiger partial charge in [0.2, 0.25) is 0 Å². The number of rotatable bonds is 7. The summed E-state index contributed by atoms with van der Waals surface area (Å²) in [6, 6.07) is 6.31. The first-order chi connectivity index (χ1) is 11.6. The van der Waals surface area contributed by atoms with Crippen molar-refractivity contribution < 1.29 is 9.47 Å². The van der Waals surface area contributed by atoms with Crippen LogP contribution in [0.5, 0.6) is 5.75 Å². The standard InChI is InChI=1S/C19H31N3O2/c1-5-20-19(21-11-14(2)3)22-12-16-7-6-15(4)10-18(16)24-17-8-9-23-13-17/h6-7,10,14,17H,5,8-9,11-13H2,1-4H3,(H2,20,21,22). The smallest absolute Gasteiger partial charge is 0.191 e. The van der Waals surface area contributed by atoms with E-state index in [0.29, 0.717) is 19.1 Å². The van der Waals surface area contributed by atoms with Gasteiger partial charge in [-0.2, -0.15) is 0 Å². The van der Waals surface area contributed by atoms with Crippen LogP contribution >= 0.6 is 0 Å². The van der Waals surface area contributed by atoms with E-state index < -0.39 is 0 Å². The fourth-order valence-corrected chi connectivity index (χ4v) is 2.49. The van der Waals surface area contributed by atoms with Crippen LogP contribution in [0.1, 0.15) is 38.3 Å². The molecule has 2 rings (SSSR count). The largest absolute Gasteiger partial charge is 0.488 e. The van der Waals surface area contributed by atoms with E-state index in [1.807, 2.05) is 0 Å². The quantitative estimate of drug-likeness (QED) is 0.595. The van der Waals surface area contributed by atoms with Gasteiger partial charge in [-0.3, -0.25) is 0 Å². The Labute approximate surface area is 145 Å². The molecule has 1 fully saturated rings. The lowest BCUT2D eigenvalue weighted by Gasteiger charge is -2.17. The van der Waals surface area contributed by atoms with Gasteiger partial charge in [0.05, 0.1) is 19.8 Å². The molecule has 0 spiro atoms. The van der Waals surface area contributed by atoms with E-state index in [1.54, 1.807) is 0 Å². The molecule has 0 aromatic heterocycles. The molecule has 1 aromatic rings. The molecule has 1 aliphatic rings. The summed E-state index contributed by atoms with van der Waals surface area (Å²) >= 11 is 0. The lowest BCUT2D eigenvalue weighted by atomic mass is 10.1. The molecule has 1 saturated heterocycles. The van der Waals surface area contributed by atoms with Gasteiger partial charge >= 0.3 is 0 Å². The van der Waals surface area contributed by atoms with Crippen LogP contribution in [0, 0.1) is 12.8 Å². The zero-order valence-corrected chi connectivity index (χ0v) is 15.4. The third-order valence-corrected chi connectivity index (χ3v) is 3.83. The summed E-state index contributed by atoms with van der Waals surface area (Å²) in [5, 5.41) is 6.66. The number of hydrogen-bond acceptors (Lipinski definition) is 3. The second kappa shape index (κ2) is 9.52. The summed E-state index contributed by atoms with van der Waals surface area (Å²) in [4.78, 5) is 4.70. The summed E-state index contributed by atoms with van der Waals surface area (Å²) in [5.41, 5.74) is 2.30. The van der Waals surface area contributed by atoms with Crippen molar-refractivity contribution in [2.75, 3.05) is 26.3 Å². The van der Waals surface area contributed by atoms with Crippen molar-refractivity contribution >= 4 is 5.96 Å². The van der Waals surface area contributed by atoms with Gasteiger partial charge in [0.15, 0.2) is 5.96 Å².